The van der Waals surface area contributed by atoms with Crippen LogP contribution in [0.25, 0.3) is 11.4 Å². The molecule has 1 aliphatic heterocycles. The van der Waals surface area contributed by atoms with E-state index in [1.54, 1.807) is 17.0 Å². The van der Waals surface area contributed by atoms with Crippen molar-refractivity contribution in [2.75, 3.05) is 6.54 Å². The number of halogens is 1. The van der Waals surface area contributed by atoms with E-state index in [1.807, 2.05) is 0 Å². The van der Waals surface area contributed by atoms with Gasteiger partial charge in [-0.25, -0.2) is 4.39 Å². The van der Waals surface area contributed by atoms with Crippen LogP contribution in [0.5, 0.6) is 0 Å². The average molecular weight is 275 g/mol. The minimum Gasteiger partial charge on any atom is -0.337 e. The van der Waals surface area contributed by atoms with Crippen molar-refractivity contribution in [2.24, 2.45) is 0 Å². The number of benzene rings is 1. The zero-order valence-corrected chi connectivity index (χ0v) is 11.0. The summed E-state index contributed by atoms with van der Waals surface area (Å²) in [6.45, 7) is 2.25. The van der Waals surface area contributed by atoms with Gasteiger partial charge in [0.2, 0.25) is 17.6 Å². The Hall–Kier alpha value is -2.24. The highest BCUT2D eigenvalue weighted by Gasteiger charge is 2.32. The summed E-state index contributed by atoms with van der Waals surface area (Å²) in [4.78, 5) is 17.6. The molecule has 1 saturated heterocycles. The third-order valence-corrected chi connectivity index (χ3v) is 3.49. The number of hydrogen-bond acceptors (Lipinski definition) is 4. The van der Waals surface area contributed by atoms with Gasteiger partial charge in [0.15, 0.2) is 0 Å². The number of aromatic nitrogens is 2. The van der Waals surface area contributed by atoms with Crippen LogP contribution in [-0.4, -0.2) is 27.5 Å². The molecule has 1 aromatic carbocycles. The molecule has 2 aromatic rings. The molecule has 1 fully saturated rings. The second-order valence-electron chi connectivity index (χ2n) is 4.83. The first-order chi connectivity index (χ1) is 9.65. The zero-order valence-electron chi connectivity index (χ0n) is 11.0. The second-order valence-corrected chi connectivity index (χ2v) is 4.83. The first-order valence-electron chi connectivity index (χ1n) is 6.52. The van der Waals surface area contributed by atoms with Crippen molar-refractivity contribution in [2.45, 2.75) is 25.8 Å². The molecule has 104 valence electrons. The van der Waals surface area contributed by atoms with Crippen molar-refractivity contribution in [1.82, 2.24) is 15.0 Å². The predicted molar refractivity (Wildman–Crippen MR) is 69.1 cm³/mol. The fourth-order valence-corrected chi connectivity index (χ4v) is 2.49. The summed E-state index contributed by atoms with van der Waals surface area (Å²) in [6, 6.07) is 5.75. The van der Waals surface area contributed by atoms with Gasteiger partial charge in [0.05, 0.1) is 0 Å². The van der Waals surface area contributed by atoms with Gasteiger partial charge in [-0.05, 0) is 37.1 Å². The lowest BCUT2D eigenvalue weighted by atomic mass is 10.2. The van der Waals surface area contributed by atoms with Gasteiger partial charge in [-0.2, -0.15) is 4.98 Å². The fourth-order valence-electron chi connectivity index (χ4n) is 2.49. The zero-order chi connectivity index (χ0) is 14.1. The third kappa shape index (κ3) is 2.29. The number of carbonyl (C=O) groups is 1. The molecule has 0 radical (unpaired) electrons. The van der Waals surface area contributed by atoms with Crippen LogP contribution in [0.1, 0.15) is 31.7 Å². The molecule has 0 N–H and O–H groups in total. The van der Waals surface area contributed by atoms with Gasteiger partial charge in [-0.1, -0.05) is 5.16 Å². The van der Waals surface area contributed by atoms with Crippen LogP contribution in [-0.2, 0) is 4.79 Å². The van der Waals surface area contributed by atoms with E-state index in [2.05, 4.69) is 10.1 Å². The Labute approximate surface area is 115 Å². The molecule has 3 rings (SSSR count). The number of likely N-dealkylation sites (tertiary alicyclic amines) is 1. The van der Waals surface area contributed by atoms with Crippen molar-refractivity contribution in [3.8, 4) is 11.4 Å². The molecule has 20 heavy (non-hydrogen) atoms. The molecule has 0 spiro atoms. The largest absolute Gasteiger partial charge is 0.337 e. The summed E-state index contributed by atoms with van der Waals surface area (Å²) >= 11 is 0. The van der Waals surface area contributed by atoms with E-state index in [0.717, 1.165) is 12.8 Å². The molecule has 1 aromatic heterocycles. The van der Waals surface area contributed by atoms with Crippen LogP contribution in [0.3, 0.4) is 0 Å². The van der Waals surface area contributed by atoms with E-state index in [4.69, 9.17) is 4.52 Å². The van der Waals surface area contributed by atoms with Crippen molar-refractivity contribution < 1.29 is 13.7 Å². The highest BCUT2D eigenvalue weighted by Crippen LogP contribution is 2.31. The van der Waals surface area contributed by atoms with E-state index in [0.29, 0.717) is 23.8 Å². The summed E-state index contributed by atoms with van der Waals surface area (Å²) in [5.74, 6) is 0.553. The third-order valence-electron chi connectivity index (χ3n) is 3.49. The van der Waals surface area contributed by atoms with E-state index in [1.165, 1.54) is 19.1 Å². The van der Waals surface area contributed by atoms with Crippen molar-refractivity contribution in [3.05, 3.63) is 36.0 Å². The molecule has 5 nitrogen and oxygen atoms in total. The van der Waals surface area contributed by atoms with E-state index in [9.17, 15) is 9.18 Å². The van der Waals surface area contributed by atoms with Crippen LogP contribution in [0.2, 0.25) is 0 Å². The summed E-state index contributed by atoms with van der Waals surface area (Å²) in [7, 11) is 0. The van der Waals surface area contributed by atoms with Crippen LogP contribution < -0.4 is 0 Å². The van der Waals surface area contributed by atoms with Gasteiger partial charge in [-0.3, -0.25) is 4.79 Å². The Morgan fingerprint density at radius 1 is 1.40 bits per heavy atom. The molecule has 1 atom stereocenters. The molecular weight excluding hydrogens is 261 g/mol. The van der Waals surface area contributed by atoms with Gasteiger partial charge in [0.1, 0.15) is 11.9 Å². The van der Waals surface area contributed by atoms with E-state index in [-0.39, 0.29) is 17.8 Å². The molecule has 0 saturated carbocycles. The van der Waals surface area contributed by atoms with E-state index >= 15 is 0 Å². The molecule has 1 unspecified atom stereocenters. The first kappa shape index (κ1) is 12.8. The predicted octanol–water partition coefficient (Wildman–Crippen LogP) is 2.56. The molecule has 6 heteroatoms. The molecule has 1 amide bonds. The molecule has 0 bridgehead atoms. The highest BCUT2D eigenvalue weighted by atomic mass is 19.1. The quantitative estimate of drug-likeness (QED) is 0.845. The maximum atomic E-state index is 12.9. The lowest BCUT2D eigenvalue weighted by Gasteiger charge is -2.19. The van der Waals surface area contributed by atoms with Crippen LogP contribution in [0.15, 0.2) is 28.8 Å². The number of hydrogen-bond donors (Lipinski definition) is 0. The van der Waals surface area contributed by atoms with Gasteiger partial charge in [0.25, 0.3) is 0 Å². The number of nitrogens with zero attached hydrogens (tertiary/aromatic N) is 3. The number of rotatable bonds is 2. The van der Waals surface area contributed by atoms with Crippen LogP contribution >= 0.6 is 0 Å². The Kier molecular flexibility index (Phi) is 3.22. The summed E-state index contributed by atoms with van der Waals surface area (Å²) in [5, 5.41) is 3.91. The van der Waals surface area contributed by atoms with Crippen LogP contribution in [0, 0.1) is 5.82 Å². The minimum absolute atomic E-state index is 0.00836. The highest BCUT2D eigenvalue weighted by molar-refractivity contribution is 5.74. The maximum absolute atomic E-state index is 12.9. The van der Waals surface area contributed by atoms with Crippen LogP contribution in [0.4, 0.5) is 4.39 Å². The molecule has 1 aliphatic rings. The standard InChI is InChI=1S/C14H14FN3O2/c1-9(19)18-8-2-3-12(18)14-16-13(17-20-14)10-4-6-11(15)7-5-10/h4-7,12H,2-3,8H2,1H3. The molecular formula is C14H14FN3O2. The second kappa shape index (κ2) is 5.03. The monoisotopic (exact) mass is 275 g/mol. The lowest BCUT2D eigenvalue weighted by Crippen LogP contribution is -2.28. The summed E-state index contributed by atoms with van der Waals surface area (Å²) < 4.78 is 18.1. The maximum Gasteiger partial charge on any atom is 0.249 e. The Balaban J connectivity index is 1.86. The van der Waals surface area contributed by atoms with E-state index < -0.39 is 0 Å². The molecule has 0 aliphatic carbocycles. The van der Waals surface area contributed by atoms with Crippen molar-refractivity contribution in [1.29, 1.82) is 0 Å². The Morgan fingerprint density at radius 2 is 2.15 bits per heavy atom. The summed E-state index contributed by atoms with van der Waals surface area (Å²) in [5.41, 5.74) is 0.689. The fraction of sp³-hybridized carbons (Fsp3) is 0.357. The minimum atomic E-state index is -0.309. The SMILES string of the molecule is CC(=O)N1CCCC1c1nc(-c2ccc(F)cc2)no1. The number of amides is 1. The lowest BCUT2D eigenvalue weighted by molar-refractivity contribution is -0.130. The smallest absolute Gasteiger partial charge is 0.249 e. The topological polar surface area (TPSA) is 59.2 Å². The average Bonchev–Trinajstić information content (AvgIpc) is 3.08. The van der Waals surface area contributed by atoms with Gasteiger partial charge < -0.3 is 9.42 Å². The Morgan fingerprint density at radius 3 is 2.85 bits per heavy atom. The van der Waals surface area contributed by atoms with Gasteiger partial charge in [-0.15, -0.1) is 0 Å². The van der Waals surface area contributed by atoms with Crippen molar-refractivity contribution in [3.63, 3.8) is 0 Å². The first-order valence-corrected chi connectivity index (χ1v) is 6.52. The normalized spacial score (nSPS) is 18.5. The van der Waals surface area contributed by atoms with Gasteiger partial charge in [0, 0.05) is 19.0 Å². The Bertz CT molecular complexity index is 624. The summed E-state index contributed by atoms with van der Waals surface area (Å²) in [6.07, 6.45) is 1.75. The van der Waals surface area contributed by atoms with Gasteiger partial charge >= 0.3 is 0 Å². The number of carbonyl (C=O) groups excluding carboxylic acids is 1. The van der Waals surface area contributed by atoms with Crippen molar-refractivity contribution >= 4 is 5.91 Å². The molecule has 2 heterocycles.